The van der Waals surface area contributed by atoms with Crippen LogP contribution in [0.3, 0.4) is 0 Å². The summed E-state index contributed by atoms with van der Waals surface area (Å²) in [5, 5.41) is 5.50. The second kappa shape index (κ2) is 9.46. The van der Waals surface area contributed by atoms with E-state index in [0.717, 1.165) is 11.1 Å². The zero-order chi connectivity index (χ0) is 18.1. The third-order valence-electron chi connectivity index (χ3n) is 3.44. The van der Waals surface area contributed by atoms with Crippen LogP contribution in [-0.2, 0) is 13.0 Å². The van der Waals surface area contributed by atoms with Crippen molar-refractivity contribution in [2.75, 3.05) is 13.7 Å². The van der Waals surface area contributed by atoms with Gasteiger partial charge >= 0.3 is 12.6 Å². The van der Waals surface area contributed by atoms with Gasteiger partial charge in [0.15, 0.2) is 11.5 Å². The van der Waals surface area contributed by atoms with E-state index in [1.54, 1.807) is 12.1 Å². The van der Waals surface area contributed by atoms with E-state index in [0.29, 0.717) is 19.5 Å². The molecular weight excluding hydrogens is 330 g/mol. The largest absolute Gasteiger partial charge is 0.493 e. The van der Waals surface area contributed by atoms with Crippen LogP contribution in [0.4, 0.5) is 13.6 Å². The van der Waals surface area contributed by atoms with Crippen molar-refractivity contribution in [3.05, 3.63) is 59.7 Å². The van der Waals surface area contributed by atoms with Crippen LogP contribution >= 0.6 is 0 Å². The summed E-state index contributed by atoms with van der Waals surface area (Å²) in [4.78, 5) is 11.8. The molecule has 7 heteroatoms. The van der Waals surface area contributed by atoms with Gasteiger partial charge in [0, 0.05) is 13.1 Å². The zero-order valence-electron chi connectivity index (χ0n) is 13.8. The first-order chi connectivity index (χ1) is 12.1. The number of hydrogen-bond acceptors (Lipinski definition) is 3. The Morgan fingerprint density at radius 3 is 2.48 bits per heavy atom. The van der Waals surface area contributed by atoms with Crippen LogP contribution < -0.4 is 20.1 Å². The van der Waals surface area contributed by atoms with E-state index in [4.69, 9.17) is 4.74 Å². The first-order valence-corrected chi connectivity index (χ1v) is 7.76. The number of urea groups is 1. The molecule has 0 spiro atoms. The molecule has 2 rings (SSSR count). The Balaban J connectivity index is 1.78. The van der Waals surface area contributed by atoms with E-state index in [2.05, 4.69) is 15.4 Å². The number of halogens is 2. The Kier molecular flexibility index (Phi) is 7.00. The number of carbonyl (C=O) groups excluding carboxylic acids is 1. The number of nitrogens with one attached hydrogen (secondary N) is 2. The van der Waals surface area contributed by atoms with Crippen molar-refractivity contribution in [1.29, 1.82) is 0 Å². The topological polar surface area (TPSA) is 59.6 Å². The lowest BCUT2D eigenvalue weighted by atomic mass is 10.1. The SMILES string of the molecule is COc1cc(CCNC(=O)NCc2ccccc2)ccc1OC(F)F. The highest BCUT2D eigenvalue weighted by molar-refractivity contribution is 5.73. The standard InChI is InChI=1S/C18H20F2N2O3/c1-24-16-11-13(7-8-15(16)25-17(19)20)9-10-21-18(23)22-12-14-5-3-2-4-6-14/h2-8,11,17H,9-10,12H2,1H3,(H2,21,22,23). The molecule has 0 fully saturated rings. The number of benzene rings is 2. The van der Waals surface area contributed by atoms with Crippen molar-refractivity contribution in [3.8, 4) is 11.5 Å². The average Bonchev–Trinajstić information content (AvgIpc) is 2.61. The highest BCUT2D eigenvalue weighted by Crippen LogP contribution is 2.29. The van der Waals surface area contributed by atoms with E-state index in [-0.39, 0.29) is 17.5 Å². The van der Waals surface area contributed by atoms with Gasteiger partial charge in [-0.1, -0.05) is 36.4 Å². The molecule has 25 heavy (non-hydrogen) atoms. The van der Waals surface area contributed by atoms with Crippen molar-refractivity contribution in [2.24, 2.45) is 0 Å². The Bertz CT molecular complexity index is 681. The van der Waals surface area contributed by atoms with Gasteiger partial charge < -0.3 is 20.1 Å². The van der Waals surface area contributed by atoms with Crippen LogP contribution in [0, 0.1) is 0 Å². The number of hydrogen-bond donors (Lipinski definition) is 2. The maximum Gasteiger partial charge on any atom is 0.387 e. The predicted molar refractivity (Wildman–Crippen MR) is 90.0 cm³/mol. The quantitative estimate of drug-likeness (QED) is 0.768. The lowest BCUT2D eigenvalue weighted by Gasteiger charge is -2.12. The van der Waals surface area contributed by atoms with Gasteiger partial charge in [-0.15, -0.1) is 0 Å². The number of carbonyl (C=O) groups is 1. The fraction of sp³-hybridized carbons (Fsp3) is 0.278. The summed E-state index contributed by atoms with van der Waals surface area (Å²) in [6.07, 6.45) is 0.532. The summed E-state index contributed by atoms with van der Waals surface area (Å²) in [5.41, 5.74) is 1.85. The maximum absolute atomic E-state index is 12.3. The molecule has 2 N–H and O–H groups in total. The van der Waals surface area contributed by atoms with Gasteiger partial charge in [-0.2, -0.15) is 8.78 Å². The molecule has 0 heterocycles. The smallest absolute Gasteiger partial charge is 0.387 e. The Morgan fingerprint density at radius 2 is 1.80 bits per heavy atom. The minimum atomic E-state index is -2.91. The van der Waals surface area contributed by atoms with Crippen LogP contribution in [0.15, 0.2) is 48.5 Å². The van der Waals surface area contributed by atoms with Crippen LogP contribution in [-0.4, -0.2) is 26.3 Å². The molecule has 0 radical (unpaired) electrons. The highest BCUT2D eigenvalue weighted by atomic mass is 19.3. The molecule has 0 aliphatic heterocycles. The second-order valence-corrected chi connectivity index (χ2v) is 5.21. The molecule has 134 valence electrons. The third kappa shape index (κ3) is 6.29. The number of methoxy groups -OCH3 is 1. The molecule has 5 nitrogen and oxygen atoms in total. The van der Waals surface area contributed by atoms with Crippen LogP contribution in [0.2, 0.25) is 0 Å². The van der Waals surface area contributed by atoms with Crippen LogP contribution in [0.5, 0.6) is 11.5 Å². The van der Waals surface area contributed by atoms with Crippen LogP contribution in [0.25, 0.3) is 0 Å². The average molecular weight is 350 g/mol. The van der Waals surface area contributed by atoms with Gasteiger partial charge in [-0.3, -0.25) is 0 Å². The Hall–Kier alpha value is -2.83. The van der Waals surface area contributed by atoms with Crippen molar-refractivity contribution in [1.82, 2.24) is 10.6 Å². The Labute approximate surface area is 144 Å². The second-order valence-electron chi connectivity index (χ2n) is 5.21. The van der Waals surface area contributed by atoms with Crippen molar-refractivity contribution >= 4 is 6.03 Å². The van der Waals surface area contributed by atoms with E-state index in [1.807, 2.05) is 30.3 Å². The minimum absolute atomic E-state index is 0.0187. The molecule has 0 saturated carbocycles. The molecule has 0 aliphatic carbocycles. The summed E-state index contributed by atoms with van der Waals surface area (Å²) < 4.78 is 34.0. The fourth-order valence-electron chi connectivity index (χ4n) is 2.22. The van der Waals surface area contributed by atoms with E-state index in [1.165, 1.54) is 13.2 Å². The Morgan fingerprint density at radius 1 is 1.04 bits per heavy atom. The molecule has 2 aromatic rings. The lowest BCUT2D eigenvalue weighted by molar-refractivity contribution is -0.0512. The molecule has 0 aromatic heterocycles. The van der Waals surface area contributed by atoms with Crippen LogP contribution in [0.1, 0.15) is 11.1 Å². The van der Waals surface area contributed by atoms with E-state index < -0.39 is 6.61 Å². The summed E-state index contributed by atoms with van der Waals surface area (Å²) in [6.45, 7) is -2.06. The van der Waals surface area contributed by atoms with Crippen molar-refractivity contribution in [3.63, 3.8) is 0 Å². The molecule has 0 atom stereocenters. The molecular formula is C18H20F2N2O3. The molecule has 2 amide bonds. The molecule has 0 bridgehead atoms. The van der Waals surface area contributed by atoms with Crippen molar-refractivity contribution < 1.29 is 23.0 Å². The molecule has 0 saturated heterocycles. The summed E-state index contributed by atoms with van der Waals surface area (Å²) in [7, 11) is 1.38. The summed E-state index contributed by atoms with van der Waals surface area (Å²) in [6, 6.07) is 14.0. The predicted octanol–water partition coefficient (Wildman–Crippen LogP) is 3.34. The third-order valence-corrected chi connectivity index (χ3v) is 3.44. The maximum atomic E-state index is 12.3. The number of rotatable bonds is 8. The van der Waals surface area contributed by atoms with Gasteiger partial charge in [0.1, 0.15) is 0 Å². The van der Waals surface area contributed by atoms with Crippen molar-refractivity contribution in [2.45, 2.75) is 19.6 Å². The zero-order valence-corrected chi connectivity index (χ0v) is 13.8. The first kappa shape index (κ1) is 18.5. The summed E-state index contributed by atoms with van der Waals surface area (Å²) >= 11 is 0. The first-order valence-electron chi connectivity index (χ1n) is 7.76. The van der Waals surface area contributed by atoms with E-state index >= 15 is 0 Å². The van der Waals surface area contributed by atoms with E-state index in [9.17, 15) is 13.6 Å². The van der Waals surface area contributed by atoms with Gasteiger partial charge in [-0.25, -0.2) is 4.79 Å². The normalized spacial score (nSPS) is 10.4. The highest BCUT2D eigenvalue weighted by Gasteiger charge is 2.11. The number of ether oxygens (including phenoxy) is 2. The van der Waals surface area contributed by atoms with Gasteiger partial charge in [0.2, 0.25) is 0 Å². The van der Waals surface area contributed by atoms with Gasteiger partial charge in [-0.05, 0) is 29.7 Å². The van der Waals surface area contributed by atoms with Gasteiger partial charge in [0.05, 0.1) is 7.11 Å². The summed E-state index contributed by atoms with van der Waals surface area (Å²) in [5.74, 6) is 0.209. The number of amides is 2. The molecule has 2 aromatic carbocycles. The lowest BCUT2D eigenvalue weighted by Crippen LogP contribution is -2.36. The van der Waals surface area contributed by atoms with Gasteiger partial charge in [0.25, 0.3) is 0 Å². The monoisotopic (exact) mass is 350 g/mol. The molecule has 0 unspecified atom stereocenters. The number of alkyl halides is 2. The fourth-order valence-corrected chi connectivity index (χ4v) is 2.22. The minimum Gasteiger partial charge on any atom is -0.493 e. The molecule has 0 aliphatic rings.